The van der Waals surface area contributed by atoms with Gasteiger partial charge in [0.25, 0.3) is 5.69 Å². The van der Waals surface area contributed by atoms with Gasteiger partial charge < -0.3 is 5.32 Å². The number of hydrogen-bond donors (Lipinski definition) is 1. The first-order valence-corrected chi connectivity index (χ1v) is 7.07. The highest BCUT2D eigenvalue weighted by Crippen LogP contribution is 2.28. The second-order valence-electron chi connectivity index (χ2n) is 4.37. The molecule has 0 atom stereocenters. The fourth-order valence-electron chi connectivity index (χ4n) is 1.75. The zero-order valence-corrected chi connectivity index (χ0v) is 13.0. The van der Waals surface area contributed by atoms with Crippen molar-refractivity contribution in [3.63, 3.8) is 0 Å². The number of nitro benzene ring substituents is 1. The lowest BCUT2D eigenvalue weighted by atomic mass is 10.1. The van der Waals surface area contributed by atoms with Crippen molar-refractivity contribution < 1.29 is 4.92 Å². The molecule has 0 heterocycles. The standard InChI is InChI=1S/C14H12BrClN2O2/c1-9-2-3-10(12(15)6-9)8-17-14-5-4-11(18(19)20)7-13(14)16/h2-7,17H,8H2,1H3. The third-order valence-corrected chi connectivity index (χ3v) is 3.89. The Bertz CT molecular complexity index is 662. The smallest absolute Gasteiger partial charge is 0.271 e. The molecule has 20 heavy (non-hydrogen) atoms. The van der Waals surface area contributed by atoms with Crippen LogP contribution in [0.5, 0.6) is 0 Å². The lowest BCUT2D eigenvalue weighted by Gasteiger charge is -2.10. The first-order valence-electron chi connectivity index (χ1n) is 5.90. The van der Waals surface area contributed by atoms with Gasteiger partial charge in [-0.15, -0.1) is 0 Å². The molecule has 0 aliphatic carbocycles. The average Bonchev–Trinajstić information content (AvgIpc) is 2.38. The number of anilines is 1. The normalized spacial score (nSPS) is 10.3. The van der Waals surface area contributed by atoms with Gasteiger partial charge >= 0.3 is 0 Å². The van der Waals surface area contributed by atoms with Gasteiger partial charge in [-0.2, -0.15) is 0 Å². The Morgan fingerprint density at radius 1 is 1.30 bits per heavy atom. The quantitative estimate of drug-likeness (QED) is 0.625. The van der Waals surface area contributed by atoms with Crippen molar-refractivity contribution >= 4 is 38.9 Å². The van der Waals surface area contributed by atoms with Crippen LogP contribution in [-0.4, -0.2) is 4.92 Å². The van der Waals surface area contributed by atoms with Gasteiger partial charge in [0, 0.05) is 23.2 Å². The first kappa shape index (κ1) is 14.8. The fourth-order valence-corrected chi connectivity index (χ4v) is 2.62. The van der Waals surface area contributed by atoms with Crippen molar-refractivity contribution in [1.82, 2.24) is 0 Å². The molecule has 0 amide bonds. The van der Waals surface area contributed by atoms with Crippen molar-refractivity contribution in [1.29, 1.82) is 0 Å². The van der Waals surface area contributed by atoms with Gasteiger partial charge in [-0.05, 0) is 30.2 Å². The molecular weight excluding hydrogens is 344 g/mol. The van der Waals surface area contributed by atoms with Crippen LogP contribution in [0.2, 0.25) is 5.02 Å². The SMILES string of the molecule is Cc1ccc(CNc2ccc([N+](=O)[O-])cc2Cl)c(Br)c1. The largest absolute Gasteiger partial charge is 0.380 e. The molecule has 2 rings (SSSR count). The van der Waals surface area contributed by atoms with Gasteiger partial charge in [0.05, 0.1) is 15.6 Å². The molecule has 0 aliphatic heterocycles. The Kier molecular flexibility index (Phi) is 4.62. The molecule has 2 aromatic rings. The highest BCUT2D eigenvalue weighted by Gasteiger charge is 2.09. The Hall–Kier alpha value is -1.59. The molecule has 0 unspecified atom stereocenters. The van der Waals surface area contributed by atoms with Gasteiger partial charge in [-0.25, -0.2) is 0 Å². The van der Waals surface area contributed by atoms with E-state index >= 15 is 0 Å². The monoisotopic (exact) mass is 354 g/mol. The van der Waals surface area contributed by atoms with Crippen LogP contribution in [0, 0.1) is 17.0 Å². The van der Waals surface area contributed by atoms with Gasteiger partial charge in [-0.1, -0.05) is 39.7 Å². The van der Waals surface area contributed by atoms with Crippen molar-refractivity contribution in [2.24, 2.45) is 0 Å². The summed E-state index contributed by atoms with van der Waals surface area (Å²) < 4.78 is 1.02. The summed E-state index contributed by atoms with van der Waals surface area (Å²) in [7, 11) is 0. The maximum atomic E-state index is 10.6. The average molecular weight is 356 g/mol. The first-order chi connectivity index (χ1) is 9.47. The van der Waals surface area contributed by atoms with E-state index in [9.17, 15) is 10.1 Å². The van der Waals surface area contributed by atoms with E-state index in [2.05, 4.69) is 21.2 Å². The van der Waals surface area contributed by atoms with E-state index in [1.54, 1.807) is 6.07 Å². The van der Waals surface area contributed by atoms with Crippen LogP contribution in [0.25, 0.3) is 0 Å². The van der Waals surface area contributed by atoms with E-state index in [0.29, 0.717) is 17.3 Å². The summed E-state index contributed by atoms with van der Waals surface area (Å²) in [4.78, 5) is 10.2. The van der Waals surface area contributed by atoms with Gasteiger partial charge in [0.1, 0.15) is 0 Å². The Morgan fingerprint density at radius 2 is 2.05 bits per heavy atom. The maximum Gasteiger partial charge on any atom is 0.271 e. The molecule has 0 aromatic heterocycles. The number of non-ortho nitro benzene ring substituents is 1. The summed E-state index contributed by atoms with van der Waals surface area (Å²) in [6, 6.07) is 10.5. The molecule has 0 radical (unpaired) electrons. The molecule has 0 aliphatic rings. The molecule has 0 saturated carbocycles. The van der Waals surface area contributed by atoms with Crippen LogP contribution in [0.1, 0.15) is 11.1 Å². The number of nitro groups is 1. The summed E-state index contributed by atoms with van der Waals surface area (Å²) in [5.41, 5.74) is 2.92. The second kappa shape index (κ2) is 6.24. The number of benzene rings is 2. The Balaban J connectivity index is 2.13. The number of hydrogen-bond acceptors (Lipinski definition) is 3. The molecule has 0 spiro atoms. The Morgan fingerprint density at radius 3 is 2.65 bits per heavy atom. The molecular formula is C14H12BrClN2O2. The maximum absolute atomic E-state index is 10.6. The predicted molar refractivity (Wildman–Crippen MR) is 84.3 cm³/mol. The number of aryl methyl sites for hydroxylation is 1. The summed E-state index contributed by atoms with van der Waals surface area (Å²) in [5.74, 6) is 0. The minimum absolute atomic E-state index is 0.0166. The molecule has 104 valence electrons. The van der Waals surface area contributed by atoms with Crippen molar-refractivity contribution in [2.45, 2.75) is 13.5 Å². The van der Waals surface area contributed by atoms with Crippen LogP contribution in [0.15, 0.2) is 40.9 Å². The zero-order valence-electron chi connectivity index (χ0n) is 10.7. The zero-order chi connectivity index (χ0) is 14.7. The van der Waals surface area contributed by atoms with E-state index in [-0.39, 0.29) is 5.69 Å². The molecule has 0 fully saturated rings. The van der Waals surface area contributed by atoms with Gasteiger partial charge in [-0.3, -0.25) is 10.1 Å². The van der Waals surface area contributed by atoms with Crippen molar-refractivity contribution in [2.75, 3.05) is 5.32 Å². The summed E-state index contributed by atoms with van der Waals surface area (Å²) in [6.45, 7) is 2.60. The molecule has 0 bridgehead atoms. The topological polar surface area (TPSA) is 55.2 Å². The van der Waals surface area contributed by atoms with E-state index in [1.807, 2.05) is 25.1 Å². The van der Waals surface area contributed by atoms with Crippen LogP contribution < -0.4 is 5.32 Å². The van der Waals surface area contributed by atoms with E-state index < -0.39 is 4.92 Å². The molecule has 1 N–H and O–H groups in total. The van der Waals surface area contributed by atoms with Gasteiger partial charge in [0.15, 0.2) is 0 Å². The van der Waals surface area contributed by atoms with Crippen molar-refractivity contribution in [3.05, 3.63) is 67.1 Å². The highest BCUT2D eigenvalue weighted by molar-refractivity contribution is 9.10. The number of nitrogens with zero attached hydrogens (tertiary/aromatic N) is 1. The van der Waals surface area contributed by atoms with Crippen LogP contribution in [-0.2, 0) is 6.54 Å². The number of halogens is 2. The molecule has 2 aromatic carbocycles. The van der Waals surface area contributed by atoms with Crippen LogP contribution in [0.3, 0.4) is 0 Å². The number of nitrogens with one attached hydrogen (secondary N) is 1. The van der Waals surface area contributed by atoms with Crippen LogP contribution in [0.4, 0.5) is 11.4 Å². The molecule has 4 nitrogen and oxygen atoms in total. The third-order valence-electron chi connectivity index (χ3n) is 2.84. The van der Waals surface area contributed by atoms with E-state index in [4.69, 9.17) is 11.6 Å². The van der Waals surface area contributed by atoms with Crippen molar-refractivity contribution in [3.8, 4) is 0 Å². The summed E-state index contributed by atoms with van der Waals surface area (Å²) in [6.07, 6.45) is 0. The minimum atomic E-state index is -0.466. The lowest BCUT2D eigenvalue weighted by molar-refractivity contribution is -0.384. The van der Waals surface area contributed by atoms with E-state index in [1.165, 1.54) is 17.7 Å². The summed E-state index contributed by atoms with van der Waals surface area (Å²) in [5, 5.41) is 14.1. The minimum Gasteiger partial charge on any atom is -0.380 e. The van der Waals surface area contributed by atoms with E-state index in [0.717, 1.165) is 10.0 Å². The van der Waals surface area contributed by atoms with Crippen LogP contribution >= 0.6 is 27.5 Å². The molecule has 6 heteroatoms. The van der Waals surface area contributed by atoms with Gasteiger partial charge in [0.2, 0.25) is 0 Å². The lowest BCUT2D eigenvalue weighted by Crippen LogP contribution is -2.01. The molecule has 0 saturated heterocycles. The number of rotatable bonds is 4. The summed E-state index contributed by atoms with van der Waals surface area (Å²) >= 11 is 9.53. The fraction of sp³-hybridized carbons (Fsp3) is 0.143. The third kappa shape index (κ3) is 3.49. The highest BCUT2D eigenvalue weighted by atomic mass is 79.9. The Labute approximate surface area is 130 Å². The second-order valence-corrected chi connectivity index (χ2v) is 5.63. The predicted octanol–water partition coefficient (Wildman–Crippen LogP) is 4.93.